The molecular formula is C18H17F2N3O2S. The molecule has 0 spiro atoms. The van der Waals surface area contributed by atoms with E-state index in [1.165, 1.54) is 30.3 Å². The maximum absolute atomic E-state index is 13.3. The summed E-state index contributed by atoms with van der Waals surface area (Å²) in [7, 11) is -3.94. The number of benzene rings is 2. The van der Waals surface area contributed by atoms with Gasteiger partial charge < -0.3 is 0 Å². The molecule has 0 unspecified atom stereocenters. The summed E-state index contributed by atoms with van der Waals surface area (Å²) in [6.45, 7) is 3.78. The van der Waals surface area contributed by atoms with Crippen molar-refractivity contribution in [3.63, 3.8) is 0 Å². The summed E-state index contributed by atoms with van der Waals surface area (Å²) in [4.78, 5) is -0.164. The molecule has 0 amide bonds. The second-order valence-corrected chi connectivity index (χ2v) is 7.58. The number of aromatic nitrogens is 2. The number of nitrogens with zero attached hydrogens (tertiary/aromatic N) is 2. The lowest BCUT2D eigenvalue weighted by Gasteiger charge is -2.09. The van der Waals surface area contributed by atoms with Crippen LogP contribution in [0.5, 0.6) is 0 Å². The van der Waals surface area contributed by atoms with Crippen molar-refractivity contribution in [3.05, 3.63) is 77.1 Å². The molecule has 0 radical (unpaired) electrons. The first kappa shape index (κ1) is 18.1. The van der Waals surface area contributed by atoms with Crippen LogP contribution in [-0.2, 0) is 16.6 Å². The van der Waals surface area contributed by atoms with Gasteiger partial charge in [0.25, 0.3) is 10.0 Å². The fraction of sp³-hybridized carbons (Fsp3) is 0.167. The van der Waals surface area contributed by atoms with Crippen molar-refractivity contribution in [1.82, 2.24) is 9.78 Å². The molecular weight excluding hydrogens is 360 g/mol. The highest BCUT2D eigenvalue weighted by atomic mass is 32.2. The lowest BCUT2D eigenvalue weighted by Crippen LogP contribution is -2.14. The molecule has 1 N–H and O–H groups in total. The van der Waals surface area contributed by atoms with Gasteiger partial charge in [-0.05, 0) is 49.7 Å². The third-order valence-corrected chi connectivity index (χ3v) is 5.32. The molecule has 136 valence electrons. The average molecular weight is 377 g/mol. The summed E-state index contributed by atoms with van der Waals surface area (Å²) in [6, 6.07) is 10.8. The Morgan fingerprint density at radius 1 is 1.04 bits per heavy atom. The van der Waals surface area contributed by atoms with E-state index in [9.17, 15) is 17.2 Å². The summed E-state index contributed by atoms with van der Waals surface area (Å²) in [5.74, 6) is -0.959. The first-order valence-corrected chi connectivity index (χ1v) is 9.31. The van der Waals surface area contributed by atoms with Gasteiger partial charge in [0.05, 0.1) is 28.5 Å². The van der Waals surface area contributed by atoms with Crippen molar-refractivity contribution in [3.8, 4) is 0 Å². The number of hydrogen-bond acceptors (Lipinski definition) is 3. The molecule has 5 nitrogen and oxygen atoms in total. The van der Waals surface area contributed by atoms with E-state index in [-0.39, 0.29) is 10.7 Å². The normalized spacial score (nSPS) is 11.5. The summed E-state index contributed by atoms with van der Waals surface area (Å²) >= 11 is 0. The molecule has 0 fully saturated rings. The zero-order chi connectivity index (χ0) is 18.9. The predicted molar refractivity (Wildman–Crippen MR) is 94.4 cm³/mol. The van der Waals surface area contributed by atoms with Gasteiger partial charge in [-0.25, -0.2) is 17.2 Å². The van der Waals surface area contributed by atoms with Gasteiger partial charge in [-0.15, -0.1) is 0 Å². The third kappa shape index (κ3) is 3.75. The van der Waals surface area contributed by atoms with Gasteiger partial charge in [0.15, 0.2) is 0 Å². The maximum atomic E-state index is 13.3. The smallest absolute Gasteiger partial charge is 0.262 e. The Balaban J connectivity index is 1.89. The molecule has 0 aliphatic carbocycles. The Hall–Kier alpha value is -2.74. The Kier molecular flexibility index (Phi) is 4.78. The minimum Gasteiger partial charge on any atom is -0.276 e. The second-order valence-electron chi connectivity index (χ2n) is 5.89. The molecule has 1 heterocycles. The monoisotopic (exact) mass is 377 g/mol. The largest absolute Gasteiger partial charge is 0.276 e. The molecule has 0 saturated carbocycles. The Morgan fingerprint density at radius 2 is 1.73 bits per heavy atom. The molecule has 1 aromatic heterocycles. The molecule has 3 rings (SSSR count). The van der Waals surface area contributed by atoms with Crippen LogP contribution in [0.25, 0.3) is 0 Å². The fourth-order valence-corrected chi connectivity index (χ4v) is 3.80. The van der Waals surface area contributed by atoms with E-state index in [0.717, 1.165) is 11.6 Å². The zero-order valence-electron chi connectivity index (χ0n) is 14.2. The van der Waals surface area contributed by atoms with Crippen molar-refractivity contribution in [2.24, 2.45) is 0 Å². The Bertz CT molecular complexity index is 1040. The maximum Gasteiger partial charge on any atom is 0.262 e. The minimum absolute atomic E-state index is 0.164. The van der Waals surface area contributed by atoms with Crippen molar-refractivity contribution in [2.45, 2.75) is 25.3 Å². The molecule has 3 aromatic rings. The van der Waals surface area contributed by atoms with Gasteiger partial charge in [-0.3, -0.25) is 9.40 Å². The average Bonchev–Trinajstić information content (AvgIpc) is 2.84. The Morgan fingerprint density at radius 3 is 2.38 bits per heavy atom. The first-order valence-electron chi connectivity index (χ1n) is 7.83. The van der Waals surface area contributed by atoms with Gasteiger partial charge in [0.1, 0.15) is 11.6 Å². The van der Waals surface area contributed by atoms with Gasteiger partial charge in [-0.2, -0.15) is 5.10 Å². The van der Waals surface area contributed by atoms with Crippen LogP contribution in [0, 0.1) is 25.5 Å². The molecule has 0 atom stereocenters. The van der Waals surface area contributed by atoms with E-state index < -0.39 is 15.8 Å². The number of hydrogen-bond donors (Lipinski definition) is 1. The highest BCUT2D eigenvalue weighted by Crippen LogP contribution is 2.24. The number of halogens is 2. The molecule has 0 bridgehead atoms. The van der Waals surface area contributed by atoms with Gasteiger partial charge in [0.2, 0.25) is 0 Å². The Labute approximate surface area is 150 Å². The highest BCUT2D eigenvalue weighted by molar-refractivity contribution is 7.92. The fourth-order valence-electron chi connectivity index (χ4n) is 2.59. The van der Waals surface area contributed by atoms with Crippen LogP contribution in [0.1, 0.15) is 17.0 Å². The van der Waals surface area contributed by atoms with Crippen LogP contribution in [0.4, 0.5) is 14.5 Å². The molecule has 26 heavy (non-hydrogen) atoms. The summed E-state index contributed by atoms with van der Waals surface area (Å²) in [5.41, 5.74) is 2.27. The van der Waals surface area contributed by atoms with Gasteiger partial charge in [-0.1, -0.05) is 18.2 Å². The predicted octanol–water partition coefficient (Wildman–Crippen LogP) is 3.63. The van der Waals surface area contributed by atoms with Crippen LogP contribution >= 0.6 is 0 Å². The third-order valence-electron chi connectivity index (χ3n) is 3.97. The summed E-state index contributed by atoms with van der Waals surface area (Å²) in [6.07, 6.45) is 0. The quantitative estimate of drug-likeness (QED) is 0.739. The van der Waals surface area contributed by atoms with Crippen molar-refractivity contribution >= 4 is 15.7 Å². The van der Waals surface area contributed by atoms with E-state index >= 15 is 0 Å². The summed E-state index contributed by atoms with van der Waals surface area (Å²) in [5, 5.41) is 4.35. The van der Waals surface area contributed by atoms with Crippen LogP contribution in [0.3, 0.4) is 0 Å². The first-order chi connectivity index (χ1) is 12.3. The second kappa shape index (κ2) is 6.87. The van der Waals surface area contributed by atoms with Crippen LogP contribution in [-0.4, -0.2) is 18.2 Å². The number of anilines is 1. The zero-order valence-corrected chi connectivity index (χ0v) is 15.0. The number of rotatable bonds is 5. The van der Waals surface area contributed by atoms with Crippen LogP contribution in [0.15, 0.2) is 53.4 Å². The molecule has 8 heteroatoms. The van der Waals surface area contributed by atoms with Gasteiger partial charge >= 0.3 is 0 Å². The van der Waals surface area contributed by atoms with Crippen molar-refractivity contribution < 1.29 is 17.2 Å². The lowest BCUT2D eigenvalue weighted by atomic mass is 10.2. The van der Waals surface area contributed by atoms with E-state index in [0.29, 0.717) is 23.6 Å². The highest BCUT2D eigenvalue weighted by Gasteiger charge is 2.20. The molecule has 2 aromatic carbocycles. The standard InChI is InChI=1S/C18H17F2N3O2S/c1-12-18(22-26(24,25)17-5-3-4-16(20)10-17)13(2)23(21-12)11-14-6-8-15(19)9-7-14/h3-10,22H,11H2,1-2H3. The molecule has 0 aliphatic rings. The van der Waals surface area contributed by atoms with E-state index in [4.69, 9.17) is 0 Å². The number of aryl methyl sites for hydroxylation is 1. The number of nitrogens with one attached hydrogen (secondary N) is 1. The van der Waals surface area contributed by atoms with Crippen LogP contribution < -0.4 is 4.72 Å². The summed E-state index contributed by atoms with van der Waals surface area (Å²) < 4.78 is 55.5. The van der Waals surface area contributed by atoms with E-state index in [1.54, 1.807) is 30.7 Å². The lowest BCUT2D eigenvalue weighted by molar-refractivity contribution is 0.595. The molecule has 0 aliphatic heterocycles. The SMILES string of the molecule is Cc1nn(Cc2ccc(F)cc2)c(C)c1NS(=O)(=O)c1cccc(F)c1. The minimum atomic E-state index is -3.94. The molecule has 0 saturated heterocycles. The topological polar surface area (TPSA) is 64.0 Å². The van der Waals surface area contributed by atoms with E-state index in [1.807, 2.05) is 0 Å². The van der Waals surface area contributed by atoms with Crippen LogP contribution in [0.2, 0.25) is 0 Å². The van der Waals surface area contributed by atoms with Crippen molar-refractivity contribution in [2.75, 3.05) is 4.72 Å². The van der Waals surface area contributed by atoms with Gasteiger partial charge in [0, 0.05) is 0 Å². The van der Waals surface area contributed by atoms with E-state index in [2.05, 4.69) is 9.82 Å². The number of sulfonamides is 1. The van der Waals surface area contributed by atoms with Crippen molar-refractivity contribution in [1.29, 1.82) is 0 Å².